The molecular weight excluding hydrogens is 364 g/mol. The first kappa shape index (κ1) is 15.8. The zero-order valence-electron chi connectivity index (χ0n) is 10.8. The van der Waals surface area contributed by atoms with Crippen molar-refractivity contribution < 1.29 is 4.39 Å². The lowest BCUT2D eigenvalue weighted by Gasteiger charge is -2.21. The van der Waals surface area contributed by atoms with Crippen molar-refractivity contribution in [3.63, 3.8) is 0 Å². The molecule has 0 amide bonds. The Balaban J connectivity index is 2.53. The summed E-state index contributed by atoms with van der Waals surface area (Å²) in [5, 5.41) is 4.26. The van der Waals surface area contributed by atoms with Crippen LogP contribution in [0.1, 0.15) is 24.1 Å². The van der Waals surface area contributed by atoms with Crippen LogP contribution in [-0.2, 0) is 0 Å². The molecular formula is C15H13BrCl2FN. The van der Waals surface area contributed by atoms with E-state index in [1.165, 1.54) is 6.07 Å². The van der Waals surface area contributed by atoms with E-state index in [0.29, 0.717) is 22.2 Å². The standard InChI is InChI=1S/C15H13BrCl2FN/c1-2-20-15(11-5-3-10(18)8-14(11)19)12-7-9(17)4-6-13(12)16/h3-8,15,20H,2H2,1H3. The number of hydrogen-bond donors (Lipinski definition) is 1. The largest absolute Gasteiger partial charge is 0.306 e. The van der Waals surface area contributed by atoms with Crippen LogP contribution in [0, 0.1) is 5.82 Å². The number of halogens is 4. The molecule has 20 heavy (non-hydrogen) atoms. The normalized spacial score (nSPS) is 12.4. The van der Waals surface area contributed by atoms with Crippen molar-refractivity contribution in [3.05, 3.63) is 67.9 Å². The summed E-state index contributed by atoms with van der Waals surface area (Å²) in [6.45, 7) is 2.67. The molecule has 0 aromatic heterocycles. The van der Waals surface area contributed by atoms with Crippen molar-refractivity contribution in [2.75, 3.05) is 6.54 Å². The van der Waals surface area contributed by atoms with Gasteiger partial charge in [-0.2, -0.15) is 0 Å². The van der Waals surface area contributed by atoms with Crippen LogP contribution in [0.4, 0.5) is 4.39 Å². The van der Waals surface area contributed by atoms with Crippen molar-refractivity contribution in [3.8, 4) is 0 Å². The van der Waals surface area contributed by atoms with Crippen molar-refractivity contribution >= 4 is 39.1 Å². The third kappa shape index (κ3) is 3.53. The maximum Gasteiger partial charge on any atom is 0.129 e. The number of rotatable bonds is 4. The second kappa shape index (κ2) is 6.90. The minimum atomic E-state index is -0.338. The zero-order valence-corrected chi connectivity index (χ0v) is 13.9. The molecule has 1 N–H and O–H groups in total. The Labute approximate surface area is 136 Å². The lowest BCUT2D eigenvalue weighted by atomic mass is 9.98. The fraction of sp³-hybridized carbons (Fsp3) is 0.200. The highest BCUT2D eigenvalue weighted by atomic mass is 79.9. The molecule has 0 fully saturated rings. The SMILES string of the molecule is CCNC(c1ccc(Cl)cc1F)c1cc(Cl)ccc1Br. The highest BCUT2D eigenvalue weighted by Crippen LogP contribution is 2.32. The molecule has 2 aromatic rings. The van der Waals surface area contributed by atoms with E-state index in [-0.39, 0.29) is 11.9 Å². The van der Waals surface area contributed by atoms with Gasteiger partial charge in [0.1, 0.15) is 5.82 Å². The summed E-state index contributed by atoms with van der Waals surface area (Å²) in [6, 6.07) is 9.88. The average Bonchev–Trinajstić information content (AvgIpc) is 2.40. The second-order valence-corrected chi connectivity index (χ2v) is 6.05. The van der Waals surface area contributed by atoms with Gasteiger partial charge in [0, 0.05) is 20.1 Å². The molecule has 0 spiro atoms. The Morgan fingerprint density at radius 1 is 1.10 bits per heavy atom. The monoisotopic (exact) mass is 375 g/mol. The lowest BCUT2D eigenvalue weighted by Crippen LogP contribution is -2.23. The smallest absolute Gasteiger partial charge is 0.129 e. The molecule has 0 aliphatic carbocycles. The number of nitrogens with one attached hydrogen (secondary N) is 1. The van der Waals surface area contributed by atoms with Crippen molar-refractivity contribution in [1.82, 2.24) is 5.32 Å². The van der Waals surface area contributed by atoms with E-state index >= 15 is 0 Å². The van der Waals surface area contributed by atoms with Crippen LogP contribution in [0.25, 0.3) is 0 Å². The van der Waals surface area contributed by atoms with Crippen molar-refractivity contribution in [1.29, 1.82) is 0 Å². The summed E-state index contributed by atoms with van der Waals surface area (Å²) in [5.74, 6) is -0.338. The van der Waals surface area contributed by atoms with Crippen LogP contribution in [0.15, 0.2) is 40.9 Å². The minimum Gasteiger partial charge on any atom is -0.306 e. The quantitative estimate of drug-likeness (QED) is 0.732. The van der Waals surface area contributed by atoms with E-state index in [4.69, 9.17) is 23.2 Å². The first-order valence-electron chi connectivity index (χ1n) is 6.16. The van der Waals surface area contributed by atoms with E-state index in [2.05, 4.69) is 21.2 Å². The molecule has 0 saturated carbocycles. The molecule has 0 aliphatic rings. The Morgan fingerprint density at radius 2 is 1.75 bits per heavy atom. The van der Waals surface area contributed by atoms with E-state index in [1.54, 1.807) is 18.2 Å². The maximum atomic E-state index is 14.2. The van der Waals surface area contributed by atoms with Gasteiger partial charge in [-0.3, -0.25) is 0 Å². The highest BCUT2D eigenvalue weighted by Gasteiger charge is 2.19. The maximum absolute atomic E-state index is 14.2. The van der Waals surface area contributed by atoms with Crippen LogP contribution < -0.4 is 5.32 Å². The Bertz CT molecular complexity index is 619. The minimum absolute atomic E-state index is 0.287. The fourth-order valence-electron chi connectivity index (χ4n) is 2.06. The summed E-state index contributed by atoms with van der Waals surface area (Å²) in [6.07, 6.45) is 0. The van der Waals surface area contributed by atoms with Crippen molar-refractivity contribution in [2.24, 2.45) is 0 Å². The van der Waals surface area contributed by atoms with Crippen LogP contribution in [-0.4, -0.2) is 6.54 Å². The van der Waals surface area contributed by atoms with E-state index < -0.39 is 0 Å². The van der Waals surface area contributed by atoms with Gasteiger partial charge in [-0.1, -0.05) is 52.1 Å². The summed E-state index contributed by atoms with van der Waals surface area (Å²) < 4.78 is 15.0. The molecule has 1 nitrogen and oxygen atoms in total. The molecule has 1 unspecified atom stereocenters. The second-order valence-electron chi connectivity index (χ2n) is 4.32. The van der Waals surface area contributed by atoms with Gasteiger partial charge >= 0.3 is 0 Å². The predicted octanol–water partition coefficient (Wildman–Crippen LogP) is 5.59. The Morgan fingerprint density at radius 3 is 2.40 bits per heavy atom. The molecule has 0 aliphatic heterocycles. The summed E-state index contributed by atoms with van der Waals surface area (Å²) in [7, 11) is 0. The Hall–Kier alpha value is -0.610. The third-order valence-corrected chi connectivity index (χ3v) is 4.14. The van der Waals surface area contributed by atoms with E-state index in [1.807, 2.05) is 19.1 Å². The van der Waals surface area contributed by atoms with Crippen LogP contribution in [0.3, 0.4) is 0 Å². The Kier molecular flexibility index (Phi) is 5.44. The molecule has 106 valence electrons. The zero-order chi connectivity index (χ0) is 14.7. The topological polar surface area (TPSA) is 12.0 Å². The summed E-state index contributed by atoms with van der Waals surface area (Å²) in [5.41, 5.74) is 1.43. The molecule has 0 bridgehead atoms. The van der Waals surface area contributed by atoms with Crippen LogP contribution >= 0.6 is 39.1 Å². The van der Waals surface area contributed by atoms with Gasteiger partial charge in [-0.25, -0.2) is 4.39 Å². The fourth-order valence-corrected chi connectivity index (χ4v) is 2.88. The number of benzene rings is 2. The van der Waals surface area contributed by atoms with Crippen LogP contribution in [0.5, 0.6) is 0 Å². The molecule has 0 saturated heterocycles. The summed E-state index contributed by atoms with van der Waals surface area (Å²) >= 11 is 15.4. The average molecular weight is 377 g/mol. The van der Waals surface area contributed by atoms with Crippen molar-refractivity contribution in [2.45, 2.75) is 13.0 Å². The highest BCUT2D eigenvalue weighted by molar-refractivity contribution is 9.10. The molecule has 2 aromatic carbocycles. The van der Waals surface area contributed by atoms with Gasteiger partial charge in [0.2, 0.25) is 0 Å². The lowest BCUT2D eigenvalue weighted by molar-refractivity contribution is 0.558. The molecule has 0 heterocycles. The van der Waals surface area contributed by atoms with Gasteiger partial charge in [-0.05, 0) is 42.4 Å². The van der Waals surface area contributed by atoms with E-state index in [0.717, 1.165) is 10.0 Å². The third-order valence-electron chi connectivity index (χ3n) is 2.95. The van der Waals surface area contributed by atoms with Gasteiger partial charge < -0.3 is 5.32 Å². The molecule has 2 rings (SSSR count). The number of hydrogen-bond acceptors (Lipinski definition) is 1. The van der Waals surface area contributed by atoms with Gasteiger partial charge in [-0.15, -0.1) is 0 Å². The van der Waals surface area contributed by atoms with Gasteiger partial charge in [0.25, 0.3) is 0 Å². The predicted molar refractivity (Wildman–Crippen MR) is 86.1 cm³/mol. The molecule has 5 heteroatoms. The van der Waals surface area contributed by atoms with E-state index in [9.17, 15) is 4.39 Å². The van der Waals surface area contributed by atoms with Gasteiger partial charge in [0.15, 0.2) is 0 Å². The van der Waals surface area contributed by atoms with Crippen LogP contribution in [0.2, 0.25) is 10.0 Å². The summed E-state index contributed by atoms with van der Waals surface area (Å²) in [4.78, 5) is 0. The first-order chi connectivity index (χ1) is 9.52. The molecule has 0 radical (unpaired) electrons. The first-order valence-corrected chi connectivity index (χ1v) is 7.71. The molecule has 1 atom stereocenters. The van der Waals surface area contributed by atoms with Gasteiger partial charge in [0.05, 0.1) is 6.04 Å².